The van der Waals surface area contributed by atoms with Crippen LogP contribution in [0.25, 0.3) is 11.1 Å². The fourth-order valence-corrected chi connectivity index (χ4v) is 4.26. The molecule has 1 amide bonds. The van der Waals surface area contributed by atoms with E-state index in [1.807, 2.05) is 48.5 Å². The summed E-state index contributed by atoms with van der Waals surface area (Å²) in [6, 6.07) is 20.8. The lowest BCUT2D eigenvalue weighted by Gasteiger charge is -2.17. The Morgan fingerprint density at radius 1 is 0.943 bits per heavy atom. The fraction of sp³-hybridized carbons (Fsp3) is 0.231. The van der Waals surface area contributed by atoms with Crippen molar-refractivity contribution in [2.24, 2.45) is 5.92 Å². The van der Waals surface area contributed by atoms with Crippen molar-refractivity contribution in [3.63, 3.8) is 0 Å². The van der Waals surface area contributed by atoms with Crippen LogP contribution in [0.2, 0.25) is 0 Å². The smallest absolute Gasteiger partial charge is 0.481 e. The molecule has 3 aromatic carbocycles. The molecule has 0 saturated carbocycles. The van der Waals surface area contributed by atoms with Crippen LogP contribution in [0.5, 0.6) is 5.75 Å². The van der Waals surface area contributed by atoms with E-state index >= 15 is 0 Å². The number of benzene rings is 3. The van der Waals surface area contributed by atoms with Gasteiger partial charge in [-0.05, 0) is 46.4 Å². The molecule has 2 N–H and O–H groups in total. The van der Waals surface area contributed by atoms with Crippen molar-refractivity contribution in [1.29, 1.82) is 0 Å². The second-order valence-corrected chi connectivity index (χ2v) is 8.14. The van der Waals surface area contributed by atoms with Crippen molar-refractivity contribution >= 4 is 12.1 Å². The molecule has 0 aromatic heterocycles. The standard InChI is InChI=1S/C26H22F3NO5/c27-26(28,29)35-18-7-5-6-16(13-18)12-17(24(31)32)14-30-25(33)34-15-23-21-10-3-1-8-19(21)20-9-2-4-11-22(20)23/h1-11,13,17,23H,12,14-15H2,(H,30,33)(H,31,32)/t17-/m1/s1. The van der Waals surface area contributed by atoms with Gasteiger partial charge in [0.2, 0.25) is 0 Å². The van der Waals surface area contributed by atoms with E-state index in [2.05, 4.69) is 10.1 Å². The van der Waals surface area contributed by atoms with Crippen LogP contribution in [0.1, 0.15) is 22.6 Å². The van der Waals surface area contributed by atoms with E-state index in [0.29, 0.717) is 5.56 Å². The highest BCUT2D eigenvalue weighted by atomic mass is 19.4. The van der Waals surface area contributed by atoms with E-state index < -0.39 is 30.1 Å². The number of carboxylic acid groups (broad SMARTS) is 1. The number of amides is 1. The number of hydrogen-bond donors (Lipinski definition) is 2. The predicted molar refractivity (Wildman–Crippen MR) is 121 cm³/mol. The third-order valence-corrected chi connectivity index (χ3v) is 5.80. The lowest BCUT2D eigenvalue weighted by atomic mass is 9.98. The summed E-state index contributed by atoms with van der Waals surface area (Å²) < 4.78 is 46.6. The Morgan fingerprint density at radius 2 is 1.57 bits per heavy atom. The molecule has 4 rings (SSSR count). The second-order valence-electron chi connectivity index (χ2n) is 8.14. The molecule has 0 unspecified atom stereocenters. The number of rotatable bonds is 8. The van der Waals surface area contributed by atoms with Gasteiger partial charge in [0.25, 0.3) is 0 Å². The fourth-order valence-electron chi connectivity index (χ4n) is 4.26. The molecule has 1 aliphatic rings. The summed E-state index contributed by atoms with van der Waals surface area (Å²) in [5.41, 5.74) is 4.59. The second kappa shape index (κ2) is 10.1. The maximum atomic E-state index is 12.4. The zero-order valence-corrected chi connectivity index (χ0v) is 18.4. The first kappa shape index (κ1) is 24.1. The van der Waals surface area contributed by atoms with Crippen LogP contribution in [-0.4, -0.2) is 36.7 Å². The highest BCUT2D eigenvalue weighted by molar-refractivity contribution is 5.79. The average molecular weight is 485 g/mol. The molecule has 9 heteroatoms. The SMILES string of the molecule is O=C(NC[C@@H](Cc1cccc(OC(F)(F)F)c1)C(=O)O)OCC1c2ccccc2-c2ccccc21. The van der Waals surface area contributed by atoms with E-state index in [9.17, 15) is 27.9 Å². The summed E-state index contributed by atoms with van der Waals surface area (Å²) in [4.78, 5) is 24.0. The number of carboxylic acids is 1. The predicted octanol–water partition coefficient (Wildman–Crippen LogP) is 5.37. The largest absolute Gasteiger partial charge is 0.573 e. The number of alkyl carbamates (subject to hydrolysis) is 1. The Morgan fingerprint density at radius 3 is 2.17 bits per heavy atom. The van der Waals surface area contributed by atoms with E-state index in [1.54, 1.807) is 0 Å². The summed E-state index contributed by atoms with van der Waals surface area (Å²) in [5.74, 6) is -2.86. The molecule has 1 aliphatic carbocycles. The lowest BCUT2D eigenvalue weighted by Crippen LogP contribution is -2.35. The monoisotopic (exact) mass is 485 g/mol. The third-order valence-electron chi connectivity index (χ3n) is 5.80. The van der Waals surface area contributed by atoms with Crippen LogP contribution in [0.15, 0.2) is 72.8 Å². The van der Waals surface area contributed by atoms with Crippen LogP contribution < -0.4 is 10.1 Å². The Bertz CT molecular complexity index is 1180. The van der Waals surface area contributed by atoms with Gasteiger partial charge in [-0.1, -0.05) is 60.7 Å². The summed E-state index contributed by atoms with van der Waals surface area (Å²) >= 11 is 0. The van der Waals surface area contributed by atoms with Crippen molar-refractivity contribution in [2.75, 3.05) is 13.2 Å². The number of hydrogen-bond acceptors (Lipinski definition) is 4. The molecule has 182 valence electrons. The number of halogens is 3. The van der Waals surface area contributed by atoms with Gasteiger partial charge in [-0.25, -0.2) is 4.79 Å². The van der Waals surface area contributed by atoms with Gasteiger partial charge < -0.3 is 19.9 Å². The van der Waals surface area contributed by atoms with Gasteiger partial charge in [0.1, 0.15) is 12.4 Å². The molecule has 6 nitrogen and oxygen atoms in total. The topological polar surface area (TPSA) is 84.9 Å². The summed E-state index contributed by atoms with van der Waals surface area (Å²) in [6.45, 7) is -0.176. The Hall–Kier alpha value is -4.01. The lowest BCUT2D eigenvalue weighted by molar-refractivity contribution is -0.274. The first-order valence-electron chi connectivity index (χ1n) is 10.9. The number of aliphatic carboxylic acids is 1. The number of fused-ring (bicyclic) bond motifs is 3. The maximum Gasteiger partial charge on any atom is 0.573 e. The van der Waals surface area contributed by atoms with Crippen molar-refractivity contribution in [3.8, 4) is 16.9 Å². The van der Waals surface area contributed by atoms with Crippen LogP contribution in [0.4, 0.5) is 18.0 Å². The highest BCUT2D eigenvalue weighted by Gasteiger charge is 2.31. The van der Waals surface area contributed by atoms with Crippen molar-refractivity contribution in [3.05, 3.63) is 89.5 Å². The number of carbonyl (C=O) groups is 2. The molecule has 0 fully saturated rings. The van der Waals surface area contributed by atoms with Gasteiger partial charge in [0.15, 0.2) is 0 Å². The Balaban J connectivity index is 1.35. The van der Waals surface area contributed by atoms with Gasteiger partial charge in [-0.2, -0.15) is 0 Å². The Kier molecular flexibility index (Phi) is 6.95. The van der Waals surface area contributed by atoms with Crippen LogP contribution >= 0.6 is 0 Å². The number of carbonyl (C=O) groups excluding carboxylic acids is 1. The number of ether oxygens (including phenoxy) is 2. The van der Waals surface area contributed by atoms with Gasteiger partial charge in [-0.3, -0.25) is 4.79 Å². The first-order chi connectivity index (χ1) is 16.7. The van der Waals surface area contributed by atoms with Gasteiger partial charge >= 0.3 is 18.4 Å². The molecule has 3 aromatic rings. The van der Waals surface area contributed by atoms with Crippen molar-refractivity contribution in [1.82, 2.24) is 5.32 Å². The number of alkyl halides is 3. The number of nitrogens with one attached hydrogen (secondary N) is 1. The molecule has 35 heavy (non-hydrogen) atoms. The van der Waals surface area contributed by atoms with Crippen molar-refractivity contribution in [2.45, 2.75) is 18.7 Å². The minimum Gasteiger partial charge on any atom is -0.481 e. The van der Waals surface area contributed by atoms with Crippen LogP contribution in [0.3, 0.4) is 0 Å². The minimum absolute atomic E-state index is 0.0778. The van der Waals surface area contributed by atoms with E-state index in [0.717, 1.165) is 34.4 Å². The quantitative estimate of drug-likeness (QED) is 0.448. The molecule has 0 saturated heterocycles. The van der Waals surface area contributed by atoms with Gasteiger partial charge in [-0.15, -0.1) is 13.2 Å². The average Bonchev–Trinajstić information content (AvgIpc) is 3.13. The van der Waals surface area contributed by atoms with Gasteiger partial charge in [0, 0.05) is 12.5 Å². The minimum atomic E-state index is -4.85. The molecular formula is C26H22F3NO5. The van der Waals surface area contributed by atoms with E-state index in [1.165, 1.54) is 12.1 Å². The molecular weight excluding hydrogens is 463 g/mol. The normalized spacial score (nSPS) is 13.5. The zero-order valence-electron chi connectivity index (χ0n) is 18.4. The molecule has 0 radical (unpaired) electrons. The summed E-state index contributed by atoms with van der Waals surface area (Å²) in [6.07, 6.45) is -5.72. The zero-order chi connectivity index (χ0) is 25.0. The summed E-state index contributed by atoms with van der Waals surface area (Å²) in [5, 5.41) is 12.0. The summed E-state index contributed by atoms with van der Waals surface area (Å²) in [7, 11) is 0. The van der Waals surface area contributed by atoms with E-state index in [-0.39, 0.29) is 25.5 Å². The molecule has 0 aliphatic heterocycles. The van der Waals surface area contributed by atoms with Gasteiger partial charge in [0.05, 0.1) is 5.92 Å². The van der Waals surface area contributed by atoms with Crippen LogP contribution in [-0.2, 0) is 16.0 Å². The van der Waals surface area contributed by atoms with Crippen molar-refractivity contribution < 1.29 is 37.3 Å². The molecule has 0 heterocycles. The third kappa shape index (κ3) is 5.92. The first-order valence-corrected chi connectivity index (χ1v) is 10.9. The highest BCUT2D eigenvalue weighted by Crippen LogP contribution is 2.44. The molecule has 0 bridgehead atoms. The Labute approximate surface area is 199 Å². The van der Waals surface area contributed by atoms with E-state index in [4.69, 9.17) is 4.74 Å². The molecule has 0 spiro atoms. The maximum absolute atomic E-state index is 12.4. The van der Waals surface area contributed by atoms with Crippen LogP contribution in [0, 0.1) is 5.92 Å². The molecule has 1 atom stereocenters.